The highest BCUT2D eigenvalue weighted by molar-refractivity contribution is 5.75. The van der Waals surface area contributed by atoms with E-state index in [1.807, 2.05) is 6.07 Å². The Kier molecular flexibility index (Phi) is 6.44. The van der Waals surface area contributed by atoms with Crippen LogP contribution in [-0.4, -0.2) is 20.0 Å². The lowest BCUT2D eigenvalue weighted by Crippen LogP contribution is -2.06. The molecule has 1 aromatic rings. The minimum Gasteiger partial charge on any atom is -0.496 e. The Morgan fingerprint density at radius 1 is 1.39 bits per heavy atom. The van der Waals surface area contributed by atoms with Gasteiger partial charge in [-0.1, -0.05) is 20.3 Å². The Balaban J connectivity index is 2.57. The maximum Gasteiger partial charge on any atom is 0.150 e. The summed E-state index contributed by atoms with van der Waals surface area (Å²) >= 11 is 0. The summed E-state index contributed by atoms with van der Waals surface area (Å²) in [6.45, 7) is 5.58. The average molecular weight is 250 g/mol. The van der Waals surface area contributed by atoms with E-state index >= 15 is 0 Å². The number of hydrogen-bond acceptors (Lipinski definition) is 3. The summed E-state index contributed by atoms with van der Waals surface area (Å²) in [6.07, 6.45) is 3.18. The van der Waals surface area contributed by atoms with Gasteiger partial charge in [-0.25, -0.2) is 0 Å². The van der Waals surface area contributed by atoms with E-state index in [-0.39, 0.29) is 0 Å². The van der Waals surface area contributed by atoms with Crippen molar-refractivity contribution in [2.75, 3.05) is 13.7 Å². The highest BCUT2D eigenvalue weighted by Crippen LogP contribution is 2.20. The Labute approximate surface area is 109 Å². The molecule has 3 heteroatoms. The highest BCUT2D eigenvalue weighted by atomic mass is 16.5. The minimum atomic E-state index is 0.485. The van der Waals surface area contributed by atoms with Gasteiger partial charge in [0.05, 0.1) is 13.7 Å². The number of aldehydes is 1. The molecule has 0 amide bonds. The molecule has 0 aliphatic rings. The normalized spacial score (nSPS) is 12.2. The van der Waals surface area contributed by atoms with E-state index in [4.69, 9.17) is 9.47 Å². The van der Waals surface area contributed by atoms with Gasteiger partial charge in [0.2, 0.25) is 0 Å². The van der Waals surface area contributed by atoms with E-state index in [2.05, 4.69) is 13.8 Å². The van der Waals surface area contributed by atoms with Crippen LogP contribution < -0.4 is 4.74 Å². The summed E-state index contributed by atoms with van der Waals surface area (Å²) in [7, 11) is 1.62. The molecule has 0 radical (unpaired) electrons. The molecule has 100 valence electrons. The maximum atomic E-state index is 10.7. The van der Waals surface area contributed by atoms with Gasteiger partial charge in [0.1, 0.15) is 12.0 Å². The van der Waals surface area contributed by atoms with Crippen molar-refractivity contribution < 1.29 is 14.3 Å². The van der Waals surface area contributed by atoms with E-state index in [1.54, 1.807) is 19.2 Å². The molecule has 3 nitrogen and oxygen atoms in total. The first-order chi connectivity index (χ1) is 8.71. The third-order valence-corrected chi connectivity index (χ3v) is 2.88. The third-order valence-electron chi connectivity index (χ3n) is 2.88. The molecule has 0 saturated carbocycles. The Morgan fingerprint density at radius 2 is 2.17 bits per heavy atom. The molecule has 1 aromatic carbocycles. The third kappa shape index (κ3) is 4.49. The van der Waals surface area contributed by atoms with Crippen LogP contribution in [0.1, 0.15) is 42.6 Å². The van der Waals surface area contributed by atoms with Crippen molar-refractivity contribution in [1.82, 2.24) is 0 Å². The van der Waals surface area contributed by atoms with Gasteiger partial charge in [0.25, 0.3) is 0 Å². The molecule has 1 atom stereocenters. The zero-order valence-corrected chi connectivity index (χ0v) is 11.4. The lowest BCUT2D eigenvalue weighted by Gasteiger charge is -2.13. The van der Waals surface area contributed by atoms with Crippen molar-refractivity contribution in [2.45, 2.75) is 33.3 Å². The van der Waals surface area contributed by atoms with Crippen LogP contribution >= 0.6 is 0 Å². The molecule has 0 heterocycles. The first-order valence-corrected chi connectivity index (χ1v) is 6.41. The second-order valence-corrected chi connectivity index (χ2v) is 4.60. The summed E-state index contributed by atoms with van der Waals surface area (Å²) in [5, 5.41) is 0. The van der Waals surface area contributed by atoms with Gasteiger partial charge >= 0.3 is 0 Å². The van der Waals surface area contributed by atoms with Crippen molar-refractivity contribution in [3.05, 3.63) is 29.3 Å². The smallest absolute Gasteiger partial charge is 0.150 e. The number of rotatable bonds is 8. The standard InChI is InChI=1S/C15H22O3/c1-4-5-12(2)10-18-11-14-8-13(9-16)6-7-15(14)17-3/h6-9,12H,4-5,10-11H2,1-3H3. The van der Waals surface area contributed by atoms with Gasteiger partial charge in [-0.15, -0.1) is 0 Å². The Bertz CT molecular complexity index is 374. The Hall–Kier alpha value is -1.35. The lowest BCUT2D eigenvalue weighted by molar-refractivity contribution is 0.0878. The van der Waals surface area contributed by atoms with E-state index in [9.17, 15) is 4.79 Å². The molecule has 1 rings (SSSR count). The minimum absolute atomic E-state index is 0.485. The zero-order chi connectivity index (χ0) is 13.4. The number of methoxy groups -OCH3 is 1. The first kappa shape index (κ1) is 14.7. The quantitative estimate of drug-likeness (QED) is 0.663. The van der Waals surface area contributed by atoms with Gasteiger partial charge in [-0.05, 0) is 30.5 Å². The van der Waals surface area contributed by atoms with Crippen LogP contribution in [0.4, 0.5) is 0 Å². The van der Waals surface area contributed by atoms with E-state index in [1.165, 1.54) is 12.8 Å². The van der Waals surface area contributed by atoms with E-state index < -0.39 is 0 Å². The van der Waals surface area contributed by atoms with Crippen LogP contribution in [-0.2, 0) is 11.3 Å². The molecule has 0 saturated heterocycles. The van der Waals surface area contributed by atoms with Gasteiger partial charge in [-0.2, -0.15) is 0 Å². The predicted octanol–water partition coefficient (Wildman–Crippen LogP) is 3.46. The summed E-state index contributed by atoms with van der Waals surface area (Å²) < 4.78 is 10.9. The van der Waals surface area contributed by atoms with Crippen LogP contribution in [0.15, 0.2) is 18.2 Å². The number of ether oxygens (including phenoxy) is 2. The van der Waals surface area contributed by atoms with Crippen LogP contribution in [0.2, 0.25) is 0 Å². The van der Waals surface area contributed by atoms with Gasteiger partial charge in [0, 0.05) is 17.7 Å². The van der Waals surface area contributed by atoms with Crippen LogP contribution in [0, 0.1) is 5.92 Å². The van der Waals surface area contributed by atoms with Crippen molar-refractivity contribution in [2.24, 2.45) is 5.92 Å². The fourth-order valence-corrected chi connectivity index (χ4v) is 1.93. The molecule has 0 fully saturated rings. The largest absolute Gasteiger partial charge is 0.496 e. The second-order valence-electron chi connectivity index (χ2n) is 4.60. The lowest BCUT2D eigenvalue weighted by atomic mass is 10.1. The monoisotopic (exact) mass is 250 g/mol. The first-order valence-electron chi connectivity index (χ1n) is 6.41. The molecule has 0 N–H and O–H groups in total. The molecule has 1 unspecified atom stereocenters. The van der Waals surface area contributed by atoms with Crippen molar-refractivity contribution in [3.63, 3.8) is 0 Å². The number of hydrogen-bond donors (Lipinski definition) is 0. The van der Waals surface area contributed by atoms with Crippen molar-refractivity contribution in [3.8, 4) is 5.75 Å². The summed E-state index contributed by atoms with van der Waals surface area (Å²) in [4.78, 5) is 10.7. The predicted molar refractivity (Wildman–Crippen MR) is 72.1 cm³/mol. The van der Waals surface area contributed by atoms with Crippen LogP contribution in [0.3, 0.4) is 0 Å². The highest BCUT2D eigenvalue weighted by Gasteiger charge is 2.06. The average Bonchev–Trinajstić information content (AvgIpc) is 2.39. The maximum absolute atomic E-state index is 10.7. The topological polar surface area (TPSA) is 35.5 Å². The summed E-state index contributed by atoms with van der Waals surface area (Å²) in [5.41, 5.74) is 1.57. The Morgan fingerprint density at radius 3 is 2.78 bits per heavy atom. The fourth-order valence-electron chi connectivity index (χ4n) is 1.93. The fraction of sp³-hybridized carbons (Fsp3) is 0.533. The van der Waals surface area contributed by atoms with E-state index in [0.717, 1.165) is 24.2 Å². The second kappa shape index (κ2) is 7.88. The number of carbonyl (C=O) groups excluding carboxylic acids is 1. The van der Waals surface area contributed by atoms with Crippen molar-refractivity contribution >= 4 is 6.29 Å². The van der Waals surface area contributed by atoms with Gasteiger partial charge < -0.3 is 9.47 Å². The van der Waals surface area contributed by atoms with Gasteiger partial charge in [-0.3, -0.25) is 4.79 Å². The number of carbonyl (C=O) groups is 1. The molecular formula is C15H22O3. The van der Waals surface area contributed by atoms with E-state index in [0.29, 0.717) is 18.1 Å². The molecule has 0 bridgehead atoms. The summed E-state index contributed by atoms with van der Waals surface area (Å²) in [6, 6.07) is 5.36. The summed E-state index contributed by atoms with van der Waals surface area (Å²) in [5.74, 6) is 1.33. The zero-order valence-electron chi connectivity index (χ0n) is 11.4. The molecular weight excluding hydrogens is 228 g/mol. The number of benzene rings is 1. The SMILES string of the molecule is CCCC(C)COCc1cc(C=O)ccc1OC. The van der Waals surface area contributed by atoms with Gasteiger partial charge in [0.15, 0.2) is 0 Å². The molecule has 0 aromatic heterocycles. The molecule has 0 aliphatic carbocycles. The molecule has 18 heavy (non-hydrogen) atoms. The van der Waals surface area contributed by atoms with Crippen LogP contribution in [0.5, 0.6) is 5.75 Å². The van der Waals surface area contributed by atoms with Crippen molar-refractivity contribution in [1.29, 1.82) is 0 Å². The molecule has 0 spiro atoms. The van der Waals surface area contributed by atoms with Crippen LogP contribution in [0.25, 0.3) is 0 Å². The molecule has 0 aliphatic heterocycles.